The molecule has 11 nitrogen and oxygen atoms in total. The number of ether oxygens (including phenoxy) is 2. The summed E-state index contributed by atoms with van der Waals surface area (Å²) in [4.78, 5) is 19.8. The van der Waals surface area contributed by atoms with Crippen LogP contribution in [0.1, 0.15) is 27.2 Å². The van der Waals surface area contributed by atoms with E-state index >= 15 is 0 Å². The zero-order valence-corrected chi connectivity index (χ0v) is 17.9. The van der Waals surface area contributed by atoms with E-state index < -0.39 is 25.5 Å². The highest BCUT2D eigenvalue weighted by atomic mass is 35.5. The molecular formula is C15H27ClN5O6P. The van der Waals surface area contributed by atoms with Gasteiger partial charge in [0.15, 0.2) is 5.82 Å². The summed E-state index contributed by atoms with van der Waals surface area (Å²) in [6.07, 6.45) is -0.711. The van der Waals surface area contributed by atoms with Gasteiger partial charge in [-0.05, 0) is 20.8 Å². The minimum Gasteiger partial charge on any atom is -0.476 e. The van der Waals surface area contributed by atoms with E-state index in [4.69, 9.17) is 35.9 Å². The number of fused-ring (bicyclic) bond motifs is 1. The Hall–Kier alpha value is -1.36. The third kappa shape index (κ3) is 6.07. The Morgan fingerprint density at radius 3 is 2.75 bits per heavy atom. The fourth-order valence-electron chi connectivity index (χ4n) is 2.57. The maximum absolute atomic E-state index is 11.8. The third-order valence-corrected chi connectivity index (χ3v) is 5.33. The van der Waals surface area contributed by atoms with Gasteiger partial charge in [-0.25, -0.2) is 4.57 Å². The number of halogens is 1. The highest BCUT2D eigenvalue weighted by molar-refractivity contribution is 7.47. The van der Waals surface area contributed by atoms with Crippen LogP contribution in [0.5, 0.6) is 5.88 Å². The van der Waals surface area contributed by atoms with Crippen LogP contribution in [0.4, 0.5) is 17.5 Å². The molecule has 4 N–H and O–H groups in total. The Morgan fingerprint density at radius 1 is 1.43 bits per heavy atom. The third-order valence-electron chi connectivity index (χ3n) is 3.75. The number of nitrogen functional groups attached to an aromatic ring is 1. The number of nitrogens with two attached hydrogens (primary N) is 1. The van der Waals surface area contributed by atoms with E-state index in [1.54, 1.807) is 18.7 Å². The Morgan fingerprint density at radius 2 is 2.14 bits per heavy atom. The van der Waals surface area contributed by atoms with Crippen LogP contribution >= 0.6 is 19.4 Å². The number of nitrogens with one attached hydrogen (secondary N) is 1. The van der Waals surface area contributed by atoms with Crippen molar-refractivity contribution in [1.29, 1.82) is 0 Å². The number of methoxy groups -OCH3 is 1. The number of aromatic nitrogens is 2. The van der Waals surface area contributed by atoms with E-state index in [0.717, 1.165) is 0 Å². The van der Waals surface area contributed by atoms with Crippen LogP contribution in [-0.2, 0) is 18.3 Å². The van der Waals surface area contributed by atoms with Crippen molar-refractivity contribution in [2.24, 2.45) is 0 Å². The topological polar surface area (TPSA) is 141 Å². The Labute approximate surface area is 169 Å². The fraction of sp³-hybridized carbons (Fsp3) is 0.733. The van der Waals surface area contributed by atoms with Gasteiger partial charge in [0, 0.05) is 13.5 Å². The average Bonchev–Trinajstić information content (AvgIpc) is 3.01. The van der Waals surface area contributed by atoms with Crippen molar-refractivity contribution in [2.75, 3.05) is 42.9 Å². The molecule has 0 fully saturated rings. The molecule has 0 saturated carbocycles. The molecule has 0 amide bonds. The molecular weight excluding hydrogens is 413 g/mol. The number of hydrogen-bond acceptors (Lipinski definition) is 10. The largest absolute Gasteiger partial charge is 0.476 e. The molecule has 1 aromatic rings. The van der Waals surface area contributed by atoms with Gasteiger partial charge in [-0.1, -0.05) is 11.6 Å². The summed E-state index contributed by atoms with van der Waals surface area (Å²) < 4.78 is 32.5. The van der Waals surface area contributed by atoms with Crippen molar-refractivity contribution in [3.05, 3.63) is 0 Å². The summed E-state index contributed by atoms with van der Waals surface area (Å²) >= 11 is 6.55. The second kappa shape index (κ2) is 9.91. The number of nitrogens with zero attached hydrogens (tertiary/aromatic N) is 3. The van der Waals surface area contributed by atoms with Crippen LogP contribution in [0.15, 0.2) is 0 Å². The molecule has 2 heterocycles. The summed E-state index contributed by atoms with van der Waals surface area (Å²) in [6, 6.07) is 0. The van der Waals surface area contributed by atoms with Gasteiger partial charge in [-0.2, -0.15) is 9.97 Å². The van der Waals surface area contributed by atoms with Crippen molar-refractivity contribution >= 4 is 36.9 Å². The Bertz CT molecular complexity index is 712. The molecule has 3 unspecified atom stereocenters. The van der Waals surface area contributed by atoms with Gasteiger partial charge in [-0.15, -0.1) is 0 Å². The second-order valence-corrected chi connectivity index (χ2v) is 8.18. The molecule has 160 valence electrons. The van der Waals surface area contributed by atoms with Crippen molar-refractivity contribution in [3.8, 4) is 5.88 Å². The van der Waals surface area contributed by atoms with Gasteiger partial charge in [0.25, 0.3) is 0 Å². The van der Waals surface area contributed by atoms with E-state index in [2.05, 4.69) is 15.3 Å². The molecule has 3 atom stereocenters. The molecule has 1 aliphatic heterocycles. The zero-order valence-electron chi connectivity index (χ0n) is 16.3. The molecule has 0 aliphatic carbocycles. The minimum absolute atomic E-state index is 0.0680. The summed E-state index contributed by atoms with van der Waals surface area (Å²) in [7, 11) is -2.70. The van der Waals surface area contributed by atoms with Crippen LogP contribution in [0.25, 0.3) is 0 Å². The summed E-state index contributed by atoms with van der Waals surface area (Å²) in [5, 5.41) is 3.14. The lowest BCUT2D eigenvalue weighted by Crippen LogP contribution is -2.36. The predicted molar refractivity (Wildman–Crippen MR) is 106 cm³/mol. The van der Waals surface area contributed by atoms with E-state index in [0.29, 0.717) is 30.7 Å². The predicted octanol–water partition coefficient (Wildman–Crippen LogP) is 2.16. The fourth-order valence-corrected chi connectivity index (χ4v) is 3.88. The summed E-state index contributed by atoms with van der Waals surface area (Å²) in [5.74, 6) is 0.941. The number of phosphoric acid groups is 1. The number of phosphoric ester groups is 1. The van der Waals surface area contributed by atoms with Crippen molar-refractivity contribution in [2.45, 2.75) is 44.9 Å². The van der Waals surface area contributed by atoms with Crippen LogP contribution < -0.4 is 20.7 Å². The lowest BCUT2D eigenvalue weighted by Gasteiger charge is -2.27. The average molecular weight is 440 g/mol. The maximum Gasteiger partial charge on any atom is 0.472 e. The van der Waals surface area contributed by atoms with Crippen molar-refractivity contribution in [3.63, 3.8) is 0 Å². The summed E-state index contributed by atoms with van der Waals surface area (Å²) in [5.41, 5.74) is 5.82. The van der Waals surface area contributed by atoms with Crippen molar-refractivity contribution < 1.29 is 28.0 Å². The SMILES string of the molecule is CCOc1nc(N)nc2c1NCN2C(Cl)CC(COP(=O)(O)OC(C)C)OC. The molecule has 1 aromatic heterocycles. The highest BCUT2D eigenvalue weighted by Crippen LogP contribution is 2.45. The molecule has 28 heavy (non-hydrogen) atoms. The lowest BCUT2D eigenvalue weighted by molar-refractivity contribution is 0.0297. The molecule has 13 heteroatoms. The molecule has 0 saturated heterocycles. The van der Waals surface area contributed by atoms with Crippen LogP contribution in [-0.4, -0.2) is 59.6 Å². The monoisotopic (exact) mass is 439 g/mol. The first-order valence-corrected chi connectivity index (χ1v) is 10.7. The van der Waals surface area contributed by atoms with E-state index in [9.17, 15) is 9.46 Å². The first kappa shape index (κ1) is 22.9. The molecule has 0 spiro atoms. The van der Waals surface area contributed by atoms with E-state index in [-0.39, 0.29) is 19.0 Å². The second-order valence-electron chi connectivity index (χ2n) is 6.27. The quantitative estimate of drug-likeness (QED) is 0.265. The van der Waals surface area contributed by atoms with E-state index in [1.807, 2.05) is 6.92 Å². The van der Waals surface area contributed by atoms with Gasteiger partial charge in [-0.3, -0.25) is 9.05 Å². The molecule has 0 bridgehead atoms. The first-order chi connectivity index (χ1) is 13.2. The van der Waals surface area contributed by atoms with Gasteiger partial charge >= 0.3 is 7.82 Å². The maximum atomic E-state index is 11.8. The smallest absolute Gasteiger partial charge is 0.472 e. The zero-order chi connectivity index (χ0) is 20.9. The van der Waals surface area contributed by atoms with Gasteiger partial charge in [0.2, 0.25) is 11.8 Å². The standard InChI is InChI=1S/C15H27ClN5O6P/c1-5-25-14-12-13(19-15(17)20-14)21(8-18-12)11(16)6-10(24-4)7-26-28(22,23)27-9(2)3/h9-11,18H,5-8H2,1-4H3,(H,22,23)(H2,17,19,20). The van der Waals surface area contributed by atoms with Crippen molar-refractivity contribution in [1.82, 2.24) is 9.97 Å². The van der Waals surface area contributed by atoms with E-state index in [1.165, 1.54) is 7.11 Å². The number of anilines is 3. The van der Waals surface area contributed by atoms with Gasteiger partial charge in [0.1, 0.15) is 11.2 Å². The molecule has 1 aliphatic rings. The molecule has 0 radical (unpaired) electrons. The number of hydrogen-bond donors (Lipinski definition) is 3. The normalized spacial score (nSPS) is 17.8. The van der Waals surface area contributed by atoms with Gasteiger partial charge < -0.3 is 30.3 Å². The van der Waals surface area contributed by atoms with Crippen LogP contribution in [0.3, 0.4) is 0 Å². The Balaban J connectivity index is 2.03. The molecule has 0 aromatic carbocycles. The first-order valence-electron chi connectivity index (χ1n) is 8.80. The van der Waals surface area contributed by atoms with Gasteiger partial charge in [0.05, 0.1) is 32.1 Å². The van der Waals surface area contributed by atoms with Crippen LogP contribution in [0, 0.1) is 0 Å². The Kier molecular flexibility index (Phi) is 8.11. The number of rotatable bonds is 11. The summed E-state index contributed by atoms with van der Waals surface area (Å²) in [6.45, 7) is 5.75. The van der Waals surface area contributed by atoms with Crippen LogP contribution in [0.2, 0.25) is 0 Å². The highest BCUT2D eigenvalue weighted by Gasteiger charge is 2.32. The minimum atomic E-state index is -4.16. The number of alkyl halides is 1. The molecule has 2 rings (SSSR count). The lowest BCUT2D eigenvalue weighted by atomic mass is 10.2.